The molecule has 4 nitrogen and oxygen atoms in total. The van der Waals surface area contributed by atoms with E-state index in [0.717, 1.165) is 52.9 Å². The van der Waals surface area contributed by atoms with Gasteiger partial charge in [-0.1, -0.05) is 48.9 Å². The Bertz CT molecular complexity index is 1140. The van der Waals surface area contributed by atoms with Crippen molar-refractivity contribution >= 4 is 5.65 Å². The highest BCUT2D eigenvalue weighted by molar-refractivity contribution is 5.78. The van der Waals surface area contributed by atoms with Crippen LogP contribution < -0.4 is 4.74 Å². The second-order valence-corrected chi connectivity index (χ2v) is 7.70. The Labute approximate surface area is 164 Å². The zero-order valence-electron chi connectivity index (χ0n) is 16.2. The molecule has 0 N–H and O–H groups in total. The molecule has 4 aromatic rings. The second-order valence-electron chi connectivity index (χ2n) is 7.70. The molecule has 0 unspecified atom stereocenters. The third-order valence-electron chi connectivity index (χ3n) is 5.66. The van der Waals surface area contributed by atoms with Gasteiger partial charge in [-0.2, -0.15) is 5.10 Å². The first-order valence-electron chi connectivity index (χ1n) is 9.86. The number of nitrogens with zero attached hydrogens (tertiary/aromatic N) is 3. The van der Waals surface area contributed by atoms with Gasteiger partial charge >= 0.3 is 0 Å². The van der Waals surface area contributed by atoms with Gasteiger partial charge in [-0.05, 0) is 49.4 Å². The molecule has 0 aliphatic heterocycles. The van der Waals surface area contributed by atoms with Crippen molar-refractivity contribution in [2.24, 2.45) is 0 Å². The maximum Gasteiger partial charge on any atom is 0.162 e. The minimum atomic E-state index is 0.0865. The number of aryl methyl sites for hydroxylation is 1. The van der Waals surface area contributed by atoms with Gasteiger partial charge in [-0.3, -0.25) is 0 Å². The summed E-state index contributed by atoms with van der Waals surface area (Å²) in [5.74, 6) is 0.943. The smallest absolute Gasteiger partial charge is 0.162 e. The van der Waals surface area contributed by atoms with E-state index >= 15 is 0 Å². The zero-order valence-corrected chi connectivity index (χ0v) is 16.2. The summed E-state index contributed by atoms with van der Waals surface area (Å²) in [6.45, 7) is 4.29. The summed E-state index contributed by atoms with van der Waals surface area (Å²) in [5.41, 5.74) is 6.52. The van der Waals surface area contributed by atoms with Gasteiger partial charge in [-0.15, -0.1) is 0 Å². The molecule has 1 aliphatic rings. The van der Waals surface area contributed by atoms with Gasteiger partial charge in [0.1, 0.15) is 11.4 Å². The van der Waals surface area contributed by atoms with E-state index in [4.69, 9.17) is 9.72 Å². The Morgan fingerprint density at radius 3 is 2.54 bits per heavy atom. The van der Waals surface area contributed by atoms with Crippen molar-refractivity contribution < 1.29 is 4.74 Å². The van der Waals surface area contributed by atoms with Gasteiger partial charge in [0.05, 0.1) is 6.20 Å². The summed E-state index contributed by atoms with van der Waals surface area (Å²) in [7, 11) is 0. The van der Waals surface area contributed by atoms with Gasteiger partial charge < -0.3 is 4.74 Å². The van der Waals surface area contributed by atoms with Crippen molar-refractivity contribution in [2.75, 3.05) is 0 Å². The number of fused-ring (bicyclic) bond motifs is 1. The van der Waals surface area contributed by atoms with E-state index in [0.29, 0.717) is 0 Å². The highest BCUT2D eigenvalue weighted by Gasteiger charge is 2.43. The highest BCUT2D eigenvalue weighted by Crippen LogP contribution is 2.43. The van der Waals surface area contributed by atoms with E-state index in [1.165, 1.54) is 5.56 Å². The van der Waals surface area contributed by atoms with Crippen molar-refractivity contribution in [2.45, 2.75) is 38.7 Å². The van der Waals surface area contributed by atoms with Crippen LogP contribution in [-0.2, 0) is 0 Å². The van der Waals surface area contributed by atoms with Gasteiger partial charge in [0, 0.05) is 23.5 Å². The molecule has 0 atom stereocenters. The molecule has 2 aromatic carbocycles. The van der Waals surface area contributed by atoms with Crippen LogP contribution in [0.15, 0.2) is 67.1 Å². The number of hydrogen-bond acceptors (Lipinski definition) is 3. The van der Waals surface area contributed by atoms with Crippen LogP contribution in [0.5, 0.6) is 5.75 Å². The molecule has 28 heavy (non-hydrogen) atoms. The SMILES string of the molecule is CCC1(Oc2ccc(-c3cnc4c(-c5cccc(C)c5)cnn4c3)cc2)CC1. The molecule has 140 valence electrons. The predicted octanol–water partition coefficient (Wildman–Crippen LogP) is 5.69. The van der Waals surface area contributed by atoms with Crippen LogP contribution in [0.3, 0.4) is 0 Å². The van der Waals surface area contributed by atoms with E-state index in [1.807, 2.05) is 23.1 Å². The number of rotatable bonds is 5. The Hall–Kier alpha value is -3.14. The van der Waals surface area contributed by atoms with Crippen molar-refractivity contribution in [1.29, 1.82) is 0 Å². The van der Waals surface area contributed by atoms with E-state index in [2.05, 4.69) is 67.5 Å². The molecule has 0 amide bonds. The number of benzene rings is 2. The first-order valence-corrected chi connectivity index (χ1v) is 9.86. The van der Waals surface area contributed by atoms with Gasteiger partial charge in [0.15, 0.2) is 5.65 Å². The maximum absolute atomic E-state index is 6.15. The molecule has 1 saturated carbocycles. The maximum atomic E-state index is 6.15. The minimum absolute atomic E-state index is 0.0865. The lowest BCUT2D eigenvalue weighted by atomic mass is 10.1. The minimum Gasteiger partial charge on any atom is -0.487 e. The standard InChI is InChI=1S/C24H23N3O/c1-3-24(11-12-24)28-21-9-7-18(8-10-21)20-14-25-23-22(15-26-27(23)16-20)19-6-4-5-17(2)13-19/h4-10,13-16H,3,11-12H2,1-2H3. The topological polar surface area (TPSA) is 39.4 Å². The van der Waals surface area contributed by atoms with E-state index < -0.39 is 0 Å². The Morgan fingerprint density at radius 2 is 1.82 bits per heavy atom. The van der Waals surface area contributed by atoms with Gasteiger partial charge in [0.25, 0.3) is 0 Å². The van der Waals surface area contributed by atoms with Crippen LogP contribution in [0.1, 0.15) is 31.7 Å². The van der Waals surface area contributed by atoms with Crippen LogP contribution in [0.25, 0.3) is 27.9 Å². The molecule has 0 saturated heterocycles. The predicted molar refractivity (Wildman–Crippen MR) is 111 cm³/mol. The Kier molecular flexibility index (Phi) is 3.93. The zero-order chi connectivity index (χ0) is 19.1. The number of ether oxygens (including phenoxy) is 1. The summed E-state index contributed by atoms with van der Waals surface area (Å²) >= 11 is 0. The lowest BCUT2D eigenvalue weighted by molar-refractivity contribution is 0.174. The number of aromatic nitrogens is 3. The summed E-state index contributed by atoms with van der Waals surface area (Å²) in [4.78, 5) is 4.70. The lowest BCUT2D eigenvalue weighted by Crippen LogP contribution is -2.16. The largest absolute Gasteiger partial charge is 0.487 e. The lowest BCUT2D eigenvalue weighted by Gasteiger charge is -2.16. The van der Waals surface area contributed by atoms with Gasteiger partial charge in [0.2, 0.25) is 0 Å². The van der Waals surface area contributed by atoms with Crippen molar-refractivity contribution in [1.82, 2.24) is 14.6 Å². The molecule has 5 rings (SSSR count). The Balaban J connectivity index is 1.44. The van der Waals surface area contributed by atoms with Crippen LogP contribution in [0, 0.1) is 6.92 Å². The first-order chi connectivity index (χ1) is 13.7. The highest BCUT2D eigenvalue weighted by atomic mass is 16.5. The van der Waals surface area contributed by atoms with Crippen LogP contribution in [-0.4, -0.2) is 20.2 Å². The second kappa shape index (κ2) is 6.48. The van der Waals surface area contributed by atoms with E-state index in [9.17, 15) is 0 Å². The Morgan fingerprint density at radius 1 is 1.00 bits per heavy atom. The van der Waals surface area contributed by atoms with Gasteiger partial charge in [-0.25, -0.2) is 9.50 Å². The fourth-order valence-corrected chi connectivity index (χ4v) is 3.67. The number of hydrogen-bond donors (Lipinski definition) is 0. The van der Waals surface area contributed by atoms with Crippen molar-refractivity contribution in [3.05, 3.63) is 72.7 Å². The molecule has 4 heteroatoms. The molecule has 2 aromatic heterocycles. The fraction of sp³-hybridized carbons (Fsp3) is 0.250. The van der Waals surface area contributed by atoms with Crippen molar-refractivity contribution in [3.8, 4) is 28.0 Å². The molecule has 0 bridgehead atoms. The molecular formula is C24H23N3O. The normalized spacial score (nSPS) is 14.9. The first kappa shape index (κ1) is 17.0. The average Bonchev–Trinajstić information content (AvgIpc) is 3.37. The van der Waals surface area contributed by atoms with Crippen molar-refractivity contribution in [3.63, 3.8) is 0 Å². The molecule has 1 aliphatic carbocycles. The molecule has 2 heterocycles. The fourth-order valence-electron chi connectivity index (χ4n) is 3.67. The third-order valence-corrected chi connectivity index (χ3v) is 5.66. The molecule has 0 spiro atoms. The summed E-state index contributed by atoms with van der Waals surface area (Å²) in [6, 6.07) is 16.7. The van der Waals surface area contributed by atoms with E-state index in [-0.39, 0.29) is 5.60 Å². The summed E-state index contributed by atoms with van der Waals surface area (Å²) in [5, 5.41) is 4.53. The average molecular weight is 369 g/mol. The summed E-state index contributed by atoms with van der Waals surface area (Å²) < 4.78 is 8.01. The van der Waals surface area contributed by atoms with E-state index in [1.54, 1.807) is 0 Å². The third kappa shape index (κ3) is 3.05. The molecular weight excluding hydrogens is 346 g/mol. The van der Waals surface area contributed by atoms with Crippen LogP contribution >= 0.6 is 0 Å². The van der Waals surface area contributed by atoms with Crippen LogP contribution in [0.2, 0.25) is 0 Å². The molecule has 1 fully saturated rings. The van der Waals surface area contributed by atoms with Crippen LogP contribution in [0.4, 0.5) is 0 Å². The summed E-state index contributed by atoms with van der Waals surface area (Å²) in [6.07, 6.45) is 9.23. The molecule has 0 radical (unpaired) electrons. The quantitative estimate of drug-likeness (QED) is 0.453. The monoisotopic (exact) mass is 369 g/mol.